The van der Waals surface area contributed by atoms with Gasteiger partial charge in [0.25, 0.3) is 0 Å². The van der Waals surface area contributed by atoms with Crippen LogP contribution in [-0.4, -0.2) is 136 Å². The number of carbonyl (C=O) groups excluding carboxylic acids is 2. The second-order valence-electron chi connectivity index (χ2n) is 19.5. The highest BCUT2D eigenvalue weighted by atomic mass is 16.7. The first-order chi connectivity index (χ1) is 27.4. The third-order valence-corrected chi connectivity index (χ3v) is 16.1. The second kappa shape index (κ2) is 16.2. The molecule has 15 nitrogen and oxygen atoms in total. The zero-order valence-electron chi connectivity index (χ0n) is 34.8. The van der Waals surface area contributed by atoms with E-state index in [-0.39, 0.29) is 61.2 Å². The Kier molecular flexibility index (Phi) is 12.0. The van der Waals surface area contributed by atoms with E-state index in [0.29, 0.717) is 18.3 Å². The molecule has 7 fully saturated rings. The first-order valence-electron chi connectivity index (χ1n) is 21.8. The molecule has 21 atom stereocenters. The fraction of sp³-hybridized carbons (Fsp3) is 0.907. The van der Waals surface area contributed by atoms with Crippen LogP contribution in [-0.2, 0) is 47.5 Å². The maximum atomic E-state index is 12.8. The second-order valence-corrected chi connectivity index (χ2v) is 19.5. The van der Waals surface area contributed by atoms with Crippen molar-refractivity contribution < 1.29 is 73.0 Å². The molecule has 5 N–H and O–H groups in total. The summed E-state index contributed by atoms with van der Waals surface area (Å²) in [6.07, 6.45) is -1.36. The summed E-state index contributed by atoms with van der Waals surface area (Å²) in [5.41, 5.74) is -0.805. The Morgan fingerprint density at radius 1 is 0.759 bits per heavy atom. The van der Waals surface area contributed by atoms with Crippen LogP contribution in [0.15, 0.2) is 11.6 Å². The lowest BCUT2D eigenvalue weighted by molar-refractivity contribution is -0.336. The fourth-order valence-corrected chi connectivity index (χ4v) is 13.2. The molecule has 3 saturated heterocycles. The lowest BCUT2D eigenvalue weighted by atomic mass is 9.43. The molecule has 4 saturated carbocycles. The summed E-state index contributed by atoms with van der Waals surface area (Å²) in [4.78, 5) is 24.4. The van der Waals surface area contributed by atoms with Crippen molar-refractivity contribution >= 4 is 11.9 Å². The molecule has 328 valence electrons. The van der Waals surface area contributed by atoms with E-state index in [1.165, 1.54) is 13.0 Å². The van der Waals surface area contributed by atoms with Gasteiger partial charge in [-0.15, -0.1) is 0 Å². The lowest BCUT2D eigenvalue weighted by Crippen LogP contribution is -2.62. The summed E-state index contributed by atoms with van der Waals surface area (Å²) in [6.45, 7) is 11.3. The van der Waals surface area contributed by atoms with Crippen molar-refractivity contribution in [3.63, 3.8) is 0 Å². The Morgan fingerprint density at radius 3 is 1.93 bits per heavy atom. The van der Waals surface area contributed by atoms with E-state index in [1.54, 1.807) is 13.8 Å². The largest absolute Gasteiger partial charge is 0.462 e. The van der Waals surface area contributed by atoms with Gasteiger partial charge in [-0.3, -0.25) is 4.79 Å². The van der Waals surface area contributed by atoms with Crippen molar-refractivity contribution in [3.8, 4) is 0 Å². The molecule has 0 amide bonds. The van der Waals surface area contributed by atoms with E-state index < -0.39 is 90.9 Å². The van der Waals surface area contributed by atoms with Crippen molar-refractivity contribution in [2.24, 2.45) is 34.5 Å². The predicted molar refractivity (Wildman–Crippen MR) is 202 cm³/mol. The number of ether oxygens (including phenoxy) is 8. The zero-order chi connectivity index (χ0) is 41.5. The number of esters is 2. The Hall–Kier alpha value is -1.76. The van der Waals surface area contributed by atoms with Gasteiger partial charge in [-0.05, 0) is 94.5 Å². The van der Waals surface area contributed by atoms with E-state index in [1.807, 2.05) is 6.92 Å². The van der Waals surface area contributed by atoms with Crippen LogP contribution in [0, 0.1) is 34.5 Å². The molecule has 4 aliphatic carbocycles. The van der Waals surface area contributed by atoms with Gasteiger partial charge in [-0.1, -0.05) is 13.8 Å². The number of fused-ring (bicyclic) bond motifs is 5. The summed E-state index contributed by atoms with van der Waals surface area (Å²) in [7, 11) is 0. The minimum atomic E-state index is -1.05. The number of cyclic esters (lactones) is 1. The Bertz CT molecular complexity index is 1520. The van der Waals surface area contributed by atoms with E-state index in [0.717, 1.165) is 50.5 Å². The molecule has 0 unspecified atom stereocenters. The van der Waals surface area contributed by atoms with Crippen LogP contribution >= 0.6 is 0 Å². The molecule has 8 rings (SSSR count). The number of rotatable bonds is 8. The standard InChI is InChI=1S/C43H66O15/c1-20-38(49)29(45)15-35(52-20)57-40-22(3)54-36(17-31(40)47)58-39-21(2)53-34(16-30(39)46)56-26-9-11-41(5)25(14-26)7-8-28-27(41)10-12-42(6)37(24-13-33(48)51-19-24)32(55-23(4)44)18-43(28,42)50/h13,20-22,25-32,34-40,45-47,49-50H,7-12,14-19H2,1-6H3/t20-,21-,22-,25-,26+,27+,28-,29+,30+,31+,32+,34+,35+,36-,37+,38-,39-,40-,41+,42-,43+/m1/s1. The lowest BCUT2D eigenvalue weighted by Gasteiger charge is -2.63. The van der Waals surface area contributed by atoms with Crippen LogP contribution in [0.3, 0.4) is 0 Å². The van der Waals surface area contributed by atoms with Gasteiger partial charge in [0.1, 0.15) is 31.0 Å². The molecule has 4 aliphatic heterocycles. The van der Waals surface area contributed by atoms with Crippen LogP contribution in [0.4, 0.5) is 0 Å². The van der Waals surface area contributed by atoms with E-state index in [2.05, 4.69) is 13.8 Å². The predicted octanol–water partition coefficient (Wildman–Crippen LogP) is 2.79. The van der Waals surface area contributed by atoms with Crippen LogP contribution in [0.25, 0.3) is 0 Å². The van der Waals surface area contributed by atoms with Crippen molar-refractivity contribution in [2.45, 2.75) is 204 Å². The summed E-state index contributed by atoms with van der Waals surface area (Å²) in [6, 6.07) is 0. The average Bonchev–Trinajstić information content (AvgIpc) is 3.66. The SMILES string of the molecule is CC(=O)O[C@H]1C[C@]2(O)[C@@H]3CC[C@@H]4C[C@@H](O[C@H]5C[C@H](O)[C@H](O[C@@H]6C[C@H](O)[C@H](O[C@H]7C[C@H](O)[C@H](O)[C@@H](C)O7)[C@@H](C)O6)[C@@H](C)O5)CC[C@]4(C)[C@H]3CC[C@]2(C)[C@H]1C1=CC(=O)OC1. The third kappa shape index (κ3) is 7.60. The Labute approximate surface area is 341 Å². The van der Waals surface area contributed by atoms with Crippen LogP contribution in [0.1, 0.15) is 112 Å². The van der Waals surface area contributed by atoms with Crippen molar-refractivity contribution in [1.29, 1.82) is 0 Å². The number of hydrogen-bond donors (Lipinski definition) is 5. The molecule has 0 bridgehead atoms. The van der Waals surface area contributed by atoms with E-state index >= 15 is 0 Å². The van der Waals surface area contributed by atoms with Crippen molar-refractivity contribution in [1.82, 2.24) is 0 Å². The van der Waals surface area contributed by atoms with Gasteiger partial charge in [0, 0.05) is 50.0 Å². The highest BCUT2D eigenvalue weighted by Gasteiger charge is 2.71. The summed E-state index contributed by atoms with van der Waals surface area (Å²) in [5, 5.41) is 55.4. The van der Waals surface area contributed by atoms with E-state index in [9.17, 15) is 35.1 Å². The molecule has 58 heavy (non-hydrogen) atoms. The van der Waals surface area contributed by atoms with Crippen LogP contribution < -0.4 is 0 Å². The number of aliphatic hydroxyl groups is 5. The van der Waals surface area contributed by atoms with Gasteiger partial charge in [0.2, 0.25) is 0 Å². The molecule has 0 aromatic rings. The normalized spacial score (nSPS) is 53.2. The number of hydrogen-bond acceptors (Lipinski definition) is 15. The molecule has 4 heterocycles. The smallest absolute Gasteiger partial charge is 0.331 e. The third-order valence-electron chi connectivity index (χ3n) is 16.1. The molecule has 0 aromatic carbocycles. The van der Waals surface area contributed by atoms with Crippen molar-refractivity contribution in [2.75, 3.05) is 6.61 Å². The van der Waals surface area contributed by atoms with Gasteiger partial charge in [-0.2, -0.15) is 0 Å². The summed E-state index contributed by atoms with van der Waals surface area (Å²) < 4.78 is 48.1. The molecule has 0 radical (unpaired) electrons. The molecule has 15 heteroatoms. The fourth-order valence-electron chi connectivity index (χ4n) is 13.2. The highest BCUT2D eigenvalue weighted by Crippen LogP contribution is 2.70. The van der Waals surface area contributed by atoms with E-state index in [4.69, 9.17) is 37.9 Å². The summed E-state index contributed by atoms with van der Waals surface area (Å²) >= 11 is 0. The average molecular weight is 823 g/mol. The maximum Gasteiger partial charge on any atom is 0.331 e. The minimum absolute atomic E-state index is 0.00291. The van der Waals surface area contributed by atoms with Crippen LogP contribution in [0.5, 0.6) is 0 Å². The molecular weight excluding hydrogens is 756 g/mol. The molecule has 0 spiro atoms. The zero-order valence-corrected chi connectivity index (χ0v) is 34.8. The monoisotopic (exact) mass is 822 g/mol. The topological polar surface area (TPSA) is 209 Å². The molecular formula is C43H66O15. The Balaban J connectivity index is 0.848. The quantitative estimate of drug-likeness (QED) is 0.176. The van der Waals surface area contributed by atoms with Gasteiger partial charge in [-0.25, -0.2) is 4.79 Å². The van der Waals surface area contributed by atoms with Crippen LogP contribution in [0.2, 0.25) is 0 Å². The highest BCUT2D eigenvalue weighted by molar-refractivity contribution is 5.85. The van der Waals surface area contributed by atoms with Gasteiger partial charge in [0.05, 0.1) is 48.3 Å². The number of carbonyl (C=O) groups is 2. The van der Waals surface area contributed by atoms with Gasteiger partial charge in [0.15, 0.2) is 18.9 Å². The number of aliphatic hydroxyl groups excluding tert-OH is 4. The molecule has 0 aromatic heterocycles. The van der Waals surface area contributed by atoms with Gasteiger partial charge < -0.3 is 63.4 Å². The minimum Gasteiger partial charge on any atom is -0.462 e. The van der Waals surface area contributed by atoms with Gasteiger partial charge >= 0.3 is 11.9 Å². The first-order valence-corrected chi connectivity index (χ1v) is 21.8. The summed E-state index contributed by atoms with van der Waals surface area (Å²) in [5.74, 6) is -0.330. The maximum absolute atomic E-state index is 12.8. The van der Waals surface area contributed by atoms with Crippen molar-refractivity contribution in [3.05, 3.63) is 11.6 Å². The Morgan fingerprint density at radius 2 is 1.36 bits per heavy atom. The first kappa shape index (κ1) is 42.9. The molecule has 8 aliphatic rings.